The Hall–Kier alpha value is -2.18. The third-order valence-electron chi connectivity index (χ3n) is 8.67. The van der Waals surface area contributed by atoms with E-state index in [1.54, 1.807) is 11.0 Å². The molecule has 0 unspecified atom stereocenters. The van der Waals surface area contributed by atoms with Crippen molar-refractivity contribution in [3.63, 3.8) is 0 Å². The lowest BCUT2D eigenvalue weighted by Crippen LogP contribution is -2.44. The van der Waals surface area contributed by atoms with E-state index in [2.05, 4.69) is 12.2 Å². The third-order valence-corrected chi connectivity index (χ3v) is 9.22. The van der Waals surface area contributed by atoms with E-state index in [9.17, 15) is 19.2 Å². The summed E-state index contributed by atoms with van der Waals surface area (Å²) in [5.74, 6) is 0.0940. The van der Waals surface area contributed by atoms with Crippen molar-refractivity contribution in [3.8, 4) is 0 Å². The van der Waals surface area contributed by atoms with Crippen molar-refractivity contribution in [2.45, 2.75) is 38.1 Å². The second-order valence-corrected chi connectivity index (χ2v) is 11.2. The highest BCUT2D eigenvalue weighted by Gasteiger charge is 2.67. The van der Waals surface area contributed by atoms with E-state index < -0.39 is 5.97 Å². The van der Waals surface area contributed by atoms with Crippen LogP contribution < -0.4 is 0 Å². The predicted octanol–water partition coefficient (Wildman–Crippen LogP) is 4.33. The number of Topliss-reactive ketones (excluding diaryl/α,β-unsaturated/α-hetero) is 1. The lowest BCUT2D eigenvalue weighted by atomic mass is 9.63. The van der Waals surface area contributed by atoms with Crippen molar-refractivity contribution in [2.75, 3.05) is 6.61 Å². The average Bonchev–Trinajstić information content (AvgIpc) is 3.61. The molecule has 1 saturated heterocycles. The molecule has 1 aromatic rings. The van der Waals surface area contributed by atoms with Crippen LogP contribution in [0, 0.1) is 41.4 Å². The van der Waals surface area contributed by atoms with E-state index in [0.717, 1.165) is 6.42 Å². The predicted molar refractivity (Wildman–Crippen MR) is 124 cm³/mol. The van der Waals surface area contributed by atoms with Gasteiger partial charge < -0.3 is 4.74 Å². The first kappa shape index (κ1) is 22.3. The molecule has 6 atom stereocenters. The summed E-state index contributed by atoms with van der Waals surface area (Å²) in [7, 11) is 0. The number of hydrogen-bond donors (Lipinski definition) is 0. The fraction of sp³-hybridized carbons (Fsp3) is 0.538. The zero-order valence-electron chi connectivity index (χ0n) is 18.5. The van der Waals surface area contributed by atoms with Crippen LogP contribution in [-0.4, -0.2) is 41.1 Å². The zero-order valence-corrected chi connectivity index (χ0v) is 20.0. The summed E-state index contributed by atoms with van der Waals surface area (Å²) in [5.41, 5.74) is 0.260. The van der Waals surface area contributed by atoms with Crippen LogP contribution in [0.3, 0.4) is 0 Å². The highest BCUT2D eigenvalue weighted by molar-refractivity contribution is 6.36. The van der Waals surface area contributed by atoms with Gasteiger partial charge in [0.2, 0.25) is 17.6 Å². The van der Waals surface area contributed by atoms with Gasteiger partial charge in [0.25, 0.3) is 0 Å². The molecule has 1 aromatic carbocycles. The van der Waals surface area contributed by atoms with Crippen molar-refractivity contribution < 1.29 is 23.9 Å². The Morgan fingerprint density at radius 2 is 1.56 bits per heavy atom. The second-order valence-electron chi connectivity index (χ2n) is 10.4. The molecule has 0 radical (unpaired) electrons. The number of rotatable bonds is 5. The maximum Gasteiger partial charge on any atom is 0.309 e. The number of ether oxygens (including phenoxy) is 1. The number of ketones is 1. The molecule has 0 spiro atoms. The maximum absolute atomic E-state index is 13.3. The van der Waals surface area contributed by atoms with E-state index in [0.29, 0.717) is 42.5 Å². The van der Waals surface area contributed by atoms with Crippen LogP contribution in [-0.2, 0) is 19.1 Å². The normalized spacial score (nSPS) is 37.4. The van der Waals surface area contributed by atoms with Gasteiger partial charge in [0, 0.05) is 16.6 Å². The number of carbonyl (C=O) groups excluding carboxylic acids is 4. The number of likely N-dealkylation sites (tertiary alicyclic amines) is 1. The lowest BCUT2D eigenvalue weighted by Gasteiger charge is -2.37. The maximum atomic E-state index is 13.3. The fourth-order valence-corrected chi connectivity index (χ4v) is 7.47. The number of amides is 2. The Balaban J connectivity index is 1.04. The largest absolute Gasteiger partial charge is 0.457 e. The van der Waals surface area contributed by atoms with Gasteiger partial charge >= 0.3 is 5.97 Å². The molecule has 6 nitrogen and oxygen atoms in total. The van der Waals surface area contributed by atoms with Crippen molar-refractivity contribution in [2.24, 2.45) is 41.4 Å². The summed E-state index contributed by atoms with van der Waals surface area (Å²) < 4.78 is 5.28. The molecular formula is C26H25Cl2NO5. The number of benzene rings is 1. The molecule has 4 fully saturated rings. The van der Waals surface area contributed by atoms with E-state index >= 15 is 0 Å². The molecule has 5 aliphatic carbocycles. The monoisotopic (exact) mass is 501 g/mol. The molecule has 1 aliphatic heterocycles. The van der Waals surface area contributed by atoms with Crippen LogP contribution in [0.4, 0.5) is 0 Å². The van der Waals surface area contributed by atoms with Crippen LogP contribution in [0.25, 0.3) is 0 Å². The Morgan fingerprint density at radius 1 is 0.941 bits per heavy atom. The Kier molecular flexibility index (Phi) is 5.38. The van der Waals surface area contributed by atoms with E-state index in [4.69, 9.17) is 27.9 Å². The number of esters is 1. The molecule has 34 heavy (non-hydrogen) atoms. The third kappa shape index (κ3) is 3.44. The molecule has 2 amide bonds. The lowest BCUT2D eigenvalue weighted by molar-refractivity contribution is -0.149. The van der Waals surface area contributed by atoms with Crippen molar-refractivity contribution in [3.05, 3.63) is 46.0 Å². The molecule has 8 heteroatoms. The van der Waals surface area contributed by atoms with Crippen molar-refractivity contribution in [1.29, 1.82) is 0 Å². The van der Waals surface area contributed by atoms with Gasteiger partial charge in [0.15, 0.2) is 6.61 Å². The molecule has 1 heterocycles. The Bertz CT molecular complexity index is 1090. The molecular weight excluding hydrogens is 477 g/mol. The number of carbonyl (C=O) groups is 4. The summed E-state index contributed by atoms with van der Waals surface area (Å²) >= 11 is 11.9. The molecule has 6 aliphatic rings. The SMILES string of the molecule is O=C(COC(=O)C1CCC(N2C(=O)[C@@H]3[C@H]4C=C[C@@H]([C@@H]5C[C@@H]45)[C@H]3C2=O)CC1)c1ccc(Cl)cc1Cl. The second kappa shape index (κ2) is 8.20. The summed E-state index contributed by atoms with van der Waals surface area (Å²) in [6, 6.07) is 4.39. The van der Waals surface area contributed by atoms with Gasteiger partial charge in [-0.1, -0.05) is 35.4 Å². The number of halogens is 2. The minimum atomic E-state index is -0.424. The van der Waals surface area contributed by atoms with Crippen LogP contribution in [0.15, 0.2) is 30.4 Å². The number of nitrogens with zero attached hydrogens (tertiary/aromatic N) is 1. The Labute approximate surface area is 207 Å². The first-order valence-electron chi connectivity index (χ1n) is 12.0. The Morgan fingerprint density at radius 3 is 2.15 bits per heavy atom. The van der Waals surface area contributed by atoms with Crippen LogP contribution >= 0.6 is 23.2 Å². The van der Waals surface area contributed by atoms with Gasteiger partial charge in [-0.2, -0.15) is 0 Å². The minimum absolute atomic E-state index is 0.00355. The van der Waals surface area contributed by atoms with E-state index in [1.807, 2.05) is 0 Å². The van der Waals surface area contributed by atoms with Gasteiger partial charge in [0.1, 0.15) is 0 Å². The smallest absolute Gasteiger partial charge is 0.309 e. The van der Waals surface area contributed by atoms with Gasteiger partial charge in [0.05, 0.1) is 22.8 Å². The van der Waals surface area contributed by atoms with Crippen molar-refractivity contribution in [1.82, 2.24) is 4.90 Å². The minimum Gasteiger partial charge on any atom is -0.457 e. The summed E-state index contributed by atoms with van der Waals surface area (Å²) in [5, 5.41) is 0.640. The van der Waals surface area contributed by atoms with Gasteiger partial charge in [-0.05, 0) is 74.0 Å². The fourth-order valence-electron chi connectivity index (χ4n) is 6.96. The number of imide groups is 1. The van der Waals surface area contributed by atoms with Gasteiger partial charge in [-0.25, -0.2) is 0 Å². The van der Waals surface area contributed by atoms with E-state index in [1.165, 1.54) is 12.1 Å². The average molecular weight is 502 g/mol. The van der Waals surface area contributed by atoms with Crippen LogP contribution in [0.2, 0.25) is 10.0 Å². The van der Waals surface area contributed by atoms with Crippen LogP contribution in [0.5, 0.6) is 0 Å². The molecule has 178 valence electrons. The number of hydrogen-bond acceptors (Lipinski definition) is 5. The first-order valence-corrected chi connectivity index (χ1v) is 12.8. The summed E-state index contributed by atoms with van der Waals surface area (Å²) in [6.45, 7) is -0.384. The van der Waals surface area contributed by atoms with Gasteiger partial charge in [-0.15, -0.1) is 0 Å². The van der Waals surface area contributed by atoms with Crippen molar-refractivity contribution >= 4 is 46.8 Å². The molecule has 0 aromatic heterocycles. The van der Waals surface area contributed by atoms with Gasteiger partial charge in [-0.3, -0.25) is 24.1 Å². The summed E-state index contributed by atoms with van der Waals surface area (Å²) in [4.78, 5) is 53.1. The number of allylic oxidation sites excluding steroid dienone is 2. The molecule has 7 rings (SSSR count). The highest BCUT2D eigenvalue weighted by Crippen LogP contribution is 2.65. The van der Waals surface area contributed by atoms with E-state index in [-0.39, 0.29) is 70.4 Å². The molecule has 3 saturated carbocycles. The standard InChI is InChI=1S/C26H25Cl2NO5/c27-13-3-6-17(20(28)9-13)21(30)11-34-26(33)12-1-4-14(5-2-12)29-24(31)22-15-7-8-16(19-10-18(15)19)23(22)25(29)32/h3,6-9,12,14-16,18-19,22-23H,1-2,4-5,10-11H2/t12?,14?,15-,16-,18-,19-,22+,23+/m0/s1. The first-order chi connectivity index (χ1) is 16.3. The zero-order chi connectivity index (χ0) is 23.7. The topological polar surface area (TPSA) is 80.8 Å². The highest BCUT2D eigenvalue weighted by atomic mass is 35.5. The quantitative estimate of drug-likeness (QED) is 0.259. The molecule has 2 bridgehead atoms. The van der Waals surface area contributed by atoms with Crippen LogP contribution in [0.1, 0.15) is 42.5 Å². The molecule has 0 N–H and O–H groups in total. The summed E-state index contributed by atoms with van der Waals surface area (Å²) in [6.07, 6.45) is 7.74.